The number of nitrogens with two attached hydrogens (primary N) is 1. The molecule has 4 heteroatoms. The Balaban J connectivity index is 4.54. The molecule has 0 unspecified atom stereocenters. The summed E-state index contributed by atoms with van der Waals surface area (Å²) in [6, 6.07) is 0. The molecule has 0 fully saturated rings. The highest BCUT2D eigenvalue weighted by Gasteiger charge is 2.22. The Hall–Kier alpha value is -1.13. The van der Waals surface area contributed by atoms with Crippen LogP contribution in [0.2, 0.25) is 0 Å². The first-order valence-corrected chi connectivity index (χ1v) is 6.82. The monoisotopic (exact) mass is 267 g/mol. The maximum Gasteiger partial charge on any atom is 0.237 e. The lowest BCUT2D eigenvalue weighted by Crippen LogP contribution is -2.45. The highest BCUT2D eigenvalue weighted by molar-refractivity contribution is 5.78. The van der Waals surface area contributed by atoms with Crippen LogP contribution >= 0.6 is 0 Å². The normalized spacial score (nSPS) is 11.4. The number of likely N-dealkylation sites (N-methyl/N-ethyl adjacent to an activating group) is 1. The number of hydrogen-bond acceptors (Lipinski definition) is 3. The highest BCUT2D eigenvalue weighted by atomic mass is 16.2. The van der Waals surface area contributed by atoms with E-state index in [1.54, 1.807) is 17.1 Å². The summed E-state index contributed by atoms with van der Waals surface area (Å²) in [6.45, 7) is 17.5. The van der Waals surface area contributed by atoms with Gasteiger partial charge in [-0.1, -0.05) is 32.9 Å². The Labute approximate surface area is 117 Å². The van der Waals surface area contributed by atoms with Gasteiger partial charge >= 0.3 is 0 Å². The minimum atomic E-state index is 0.0258. The van der Waals surface area contributed by atoms with Crippen molar-refractivity contribution in [3.63, 3.8) is 0 Å². The molecule has 0 aromatic carbocycles. The van der Waals surface area contributed by atoms with Crippen LogP contribution in [-0.4, -0.2) is 55.0 Å². The van der Waals surface area contributed by atoms with Crippen LogP contribution in [0.1, 0.15) is 20.8 Å². The van der Waals surface area contributed by atoms with Crippen molar-refractivity contribution in [1.82, 2.24) is 9.80 Å². The van der Waals surface area contributed by atoms with Crippen molar-refractivity contribution in [1.29, 1.82) is 0 Å². The molecule has 1 amide bonds. The number of nitrogens with zero attached hydrogens (tertiary/aromatic N) is 2. The van der Waals surface area contributed by atoms with Gasteiger partial charge in [0.15, 0.2) is 0 Å². The molecule has 0 aliphatic carbocycles. The van der Waals surface area contributed by atoms with Crippen molar-refractivity contribution in [2.24, 2.45) is 11.1 Å². The maximum atomic E-state index is 12.2. The molecule has 0 saturated carbocycles. The van der Waals surface area contributed by atoms with E-state index >= 15 is 0 Å². The van der Waals surface area contributed by atoms with Gasteiger partial charge in [-0.3, -0.25) is 9.69 Å². The predicted molar refractivity (Wildman–Crippen MR) is 81.9 cm³/mol. The Morgan fingerprint density at radius 3 is 2.16 bits per heavy atom. The molecule has 110 valence electrons. The molecular formula is C15H29N3O. The fourth-order valence-electron chi connectivity index (χ4n) is 1.83. The van der Waals surface area contributed by atoms with Gasteiger partial charge in [0.1, 0.15) is 0 Å². The van der Waals surface area contributed by atoms with Crippen LogP contribution in [0.4, 0.5) is 0 Å². The van der Waals surface area contributed by atoms with Crippen LogP contribution in [0.25, 0.3) is 0 Å². The van der Waals surface area contributed by atoms with Crippen LogP contribution in [-0.2, 0) is 4.79 Å². The van der Waals surface area contributed by atoms with Crippen LogP contribution in [0.5, 0.6) is 0 Å². The molecule has 2 N–H and O–H groups in total. The van der Waals surface area contributed by atoms with E-state index in [0.29, 0.717) is 26.2 Å². The van der Waals surface area contributed by atoms with E-state index in [-0.39, 0.29) is 11.3 Å². The standard InChI is InChI=1S/C15H29N3O/c1-6-9-18(10-7-2)14(19)11-17(8-3)13-15(4,5)12-16/h6-7H,1-2,8-13,16H2,3-5H3. The van der Waals surface area contributed by atoms with E-state index in [0.717, 1.165) is 13.1 Å². The molecule has 0 radical (unpaired) electrons. The zero-order chi connectivity index (χ0) is 14.9. The van der Waals surface area contributed by atoms with Gasteiger partial charge < -0.3 is 10.6 Å². The van der Waals surface area contributed by atoms with Crippen molar-refractivity contribution in [2.75, 3.05) is 39.3 Å². The fraction of sp³-hybridized carbons (Fsp3) is 0.667. The number of rotatable bonds is 10. The second-order valence-corrected chi connectivity index (χ2v) is 5.55. The maximum absolute atomic E-state index is 12.2. The summed E-state index contributed by atoms with van der Waals surface area (Å²) in [5, 5.41) is 0. The quantitative estimate of drug-likeness (QED) is 0.610. The van der Waals surface area contributed by atoms with Crippen LogP contribution < -0.4 is 5.73 Å². The average molecular weight is 267 g/mol. The third-order valence-corrected chi connectivity index (χ3v) is 3.06. The fourth-order valence-corrected chi connectivity index (χ4v) is 1.83. The first-order chi connectivity index (χ1) is 8.90. The number of carbonyl (C=O) groups is 1. The number of amides is 1. The van der Waals surface area contributed by atoms with E-state index in [2.05, 4.69) is 38.8 Å². The Morgan fingerprint density at radius 2 is 1.79 bits per heavy atom. The molecule has 0 aromatic rings. The van der Waals surface area contributed by atoms with Gasteiger partial charge in [0.25, 0.3) is 0 Å². The first-order valence-electron chi connectivity index (χ1n) is 6.82. The summed E-state index contributed by atoms with van der Waals surface area (Å²) in [4.78, 5) is 16.1. The second kappa shape index (κ2) is 8.88. The number of hydrogen-bond donors (Lipinski definition) is 1. The largest absolute Gasteiger partial charge is 0.334 e. The average Bonchev–Trinajstić information content (AvgIpc) is 2.37. The summed E-state index contributed by atoms with van der Waals surface area (Å²) in [5.74, 6) is 0.106. The molecule has 0 heterocycles. The van der Waals surface area contributed by atoms with E-state index in [1.165, 1.54) is 0 Å². The van der Waals surface area contributed by atoms with Crippen molar-refractivity contribution >= 4 is 5.91 Å². The van der Waals surface area contributed by atoms with Gasteiger partial charge in [-0.2, -0.15) is 0 Å². The first kappa shape index (κ1) is 17.9. The summed E-state index contributed by atoms with van der Waals surface area (Å²) in [6.07, 6.45) is 3.48. The summed E-state index contributed by atoms with van der Waals surface area (Å²) in [5.41, 5.74) is 5.77. The third-order valence-electron chi connectivity index (χ3n) is 3.06. The molecule has 0 aliphatic heterocycles. The minimum absolute atomic E-state index is 0.0258. The lowest BCUT2D eigenvalue weighted by molar-refractivity contribution is -0.131. The van der Waals surface area contributed by atoms with Crippen molar-refractivity contribution < 1.29 is 4.79 Å². The van der Waals surface area contributed by atoms with Gasteiger partial charge in [0.2, 0.25) is 5.91 Å². The Kier molecular flexibility index (Phi) is 8.35. The van der Waals surface area contributed by atoms with E-state index in [4.69, 9.17) is 5.73 Å². The van der Waals surface area contributed by atoms with Crippen LogP contribution in [0.15, 0.2) is 25.3 Å². The molecule has 0 aromatic heterocycles. The topological polar surface area (TPSA) is 49.6 Å². The smallest absolute Gasteiger partial charge is 0.237 e. The van der Waals surface area contributed by atoms with Gasteiger partial charge in [-0.05, 0) is 18.5 Å². The molecule has 19 heavy (non-hydrogen) atoms. The Bertz CT molecular complexity index is 290. The Morgan fingerprint density at radius 1 is 1.26 bits per heavy atom. The lowest BCUT2D eigenvalue weighted by atomic mass is 9.93. The lowest BCUT2D eigenvalue weighted by Gasteiger charge is -2.32. The molecule has 0 saturated heterocycles. The molecule has 0 aliphatic rings. The minimum Gasteiger partial charge on any atom is -0.334 e. The molecule has 0 atom stereocenters. The third kappa shape index (κ3) is 7.13. The second-order valence-electron chi connectivity index (χ2n) is 5.55. The van der Waals surface area contributed by atoms with Crippen molar-refractivity contribution in [3.8, 4) is 0 Å². The molecule has 0 spiro atoms. The zero-order valence-electron chi connectivity index (χ0n) is 12.7. The van der Waals surface area contributed by atoms with Crippen molar-refractivity contribution in [2.45, 2.75) is 20.8 Å². The summed E-state index contributed by atoms with van der Waals surface area (Å²) in [7, 11) is 0. The van der Waals surface area contributed by atoms with Crippen LogP contribution in [0, 0.1) is 5.41 Å². The van der Waals surface area contributed by atoms with E-state index in [9.17, 15) is 4.79 Å². The van der Waals surface area contributed by atoms with Gasteiger partial charge in [0, 0.05) is 19.6 Å². The highest BCUT2D eigenvalue weighted by Crippen LogP contribution is 2.14. The number of carbonyl (C=O) groups excluding carboxylic acids is 1. The van der Waals surface area contributed by atoms with Crippen LogP contribution in [0.3, 0.4) is 0 Å². The summed E-state index contributed by atoms with van der Waals surface area (Å²) < 4.78 is 0. The zero-order valence-corrected chi connectivity index (χ0v) is 12.7. The molecule has 0 bridgehead atoms. The SMILES string of the molecule is C=CCN(CC=C)C(=O)CN(CC)CC(C)(C)CN. The van der Waals surface area contributed by atoms with Crippen molar-refractivity contribution in [3.05, 3.63) is 25.3 Å². The van der Waals surface area contributed by atoms with Gasteiger partial charge in [0.05, 0.1) is 6.54 Å². The van der Waals surface area contributed by atoms with Gasteiger partial charge in [-0.25, -0.2) is 0 Å². The molecule has 4 nitrogen and oxygen atoms in total. The van der Waals surface area contributed by atoms with E-state index in [1.807, 2.05) is 0 Å². The molecule has 0 rings (SSSR count). The molecular weight excluding hydrogens is 238 g/mol. The predicted octanol–water partition coefficient (Wildman–Crippen LogP) is 1.49. The van der Waals surface area contributed by atoms with Gasteiger partial charge in [-0.15, -0.1) is 13.2 Å². The van der Waals surface area contributed by atoms with E-state index < -0.39 is 0 Å². The summed E-state index contributed by atoms with van der Waals surface area (Å²) >= 11 is 0.